The van der Waals surface area contributed by atoms with Gasteiger partial charge in [0, 0.05) is 67.5 Å². The number of carbonyl (C=O) groups is 1. The van der Waals surface area contributed by atoms with Crippen LogP contribution in [0.15, 0.2) is 67.4 Å². The van der Waals surface area contributed by atoms with Gasteiger partial charge in [0.2, 0.25) is 0 Å². The standard InChI is InChI=1S/C24H23N7O/c1-30-8-10-31(11-9-30)23-14-18(4-7-26-23)24(32)29-22-13-19-12-20(15-27-21(19)16-28-22)17-2-5-25-6-3-17/h2-7,12-16H,8-11H2,1H3,(H,28,29,32). The van der Waals surface area contributed by atoms with E-state index in [9.17, 15) is 4.79 Å². The maximum atomic E-state index is 12.9. The summed E-state index contributed by atoms with van der Waals surface area (Å²) < 4.78 is 0. The third kappa shape index (κ3) is 4.26. The predicted octanol–water partition coefficient (Wildman–Crippen LogP) is 3.09. The molecule has 160 valence electrons. The number of aromatic nitrogens is 4. The SMILES string of the molecule is CN1CCN(c2cc(C(=O)Nc3cc4cc(-c5ccncc5)cnc4cn3)ccn2)CC1. The van der Waals surface area contributed by atoms with Gasteiger partial charge in [-0.15, -0.1) is 0 Å². The molecule has 8 nitrogen and oxygen atoms in total. The fourth-order valence-electron chi connectivity index (χ4n) is 3.76. The number of rotatable bonds is 4. The minimum Gasteiger partial charge on any atom is -0.354 e. The molecule has 0 unspecified atom stereocenters. The third-order valence-electron chi connectivity index (χ3n) is 5.66. The first-order valence-electron chi connectivity index (χ1n) is 10.5. The average molecular weight is 425 g/mol. The van der Waals surface area contributed by atoms with Crippen molar-refractivity contribution in [1.82, 2.24) is 24.8 Å². The van der Waals surface area contributed by atoms with Crippen molar-refractivity contribution in [1.29, 1.82) is 0 Å². The summed E-state index contributed by atoms with van der Waals surface area (Å²) in [5, 5.41) is 3.80. The summed E-state index contributed by atoms with van der Waals surface area (Å²) in [7, 11) is 2.11. The highest BCUT2D eigenvalue weighted by molar-refractivity contribution is 6.04. The monoisotopic (exact) mass is 425 g/mol. The van der Waals surface area contributed by atoms with Crippen LogP contribution in [-0.2, 0) is 0 Å². The summed E-state index contributed by atoms with van der Waals surface area (Å²) in [6.07, 6.45) is 8.67. The molecule has 1 N–H and O–H groups in total. The van der Waals surface area contributed by atoms with Crippen LogP contribution in [-0.4, -0.2) is 64.0 Å². The number of piperazine rings is 1. The molecular weight excluding hydrogens is 402 g/mol. The second-order valence-corrected chi connectivity index (χ2v) is 7.87. The van der Waals surface area contributed by atoms with Gasteiger partial charge in [0.15, 0.2) is 0 Å². The lowest BCUT2D eigenvalue weighted by atomic mass is 10.1. The van der Waals surface area contributed by atoms with Gasteiger partial charge in [0.1, 0.15) is 11.6 Å². The molecule has 4 aromatic heterocycles. The van der Waals surface area contributed by atoms with E-state index in [1.165, 1.54) is 0 Å². The van der Waals surface area contributed by atoms with E-state index < -0.39 is 0 Å². The van der Waals surface area contributed by atoms with Gasteiger partial charge in [-0.05, 0) is 49.0 Å². The van der Waals surface area contributed by atoms with Crippen molar-refractivity contribution < 1.29 is 4.79 Å². The molecule has 0 atom stereocenters. The van der Waals surface area contributed by atoms with Crippen molar-refractivity contribution in [2.24, 2.45) is 0 Å². The van der Waals surface area contributed by atoms with Crippen LogP contribution in [0.1, 0.15) is 10.4 Å². The molecule has 0 aromatic carbocycles. The number of anilines is 2. The molecule has 32 heavy (non-hydrogen) atoms. The Bertz CT molecular complexity index is 1250. The first-order chi connectivity index (χ1) is 15.7. The Labute approximate surface area is 186 Å². The first kappa shape index (κ1) is 20.0. The molecular formula is C24H23N7O. The van der Waals surface area contributed by atoms with Crippen LogP contribution in [0.3, 0.4) is 0 Å². The zero-order valence-corrected chi connectivity index (χ0v) is 17.8. The van der Waals surface area contributed by atoms with E-state index in [0.717, 1.165) is 54.0 Å². The summed E-state index contributed by atoms with van der Waals surface area (Å²) >= 11 is 0. The van der Waals surface area contributed by atoms with Crippen LogP contribution >= 0.6 is 0 Å². The molecule has 1 amide bonds. The van der Waals surface area contributed by atoms with Crippen LogP contribution in [0, 0.1) is 0 Å². The third-order valence-corrected chi connectivity index (χ3v) is 5.66. The molecule has 1 aliphatic rings. The highest BCUT2D eigenvalue weighted by Crippen LogP contribution is 2.23. The van der Waals surface area contributed by atoms with Gasteiger partial charge in [-0.3, -0.25) is 14.8 Å². The molecule has 0 saturated carbocycles. The normalized spacial score (nSPS) is 14.5. The van der Waals surface area contributed by atoms with Gasteiger partial charge in [-0.1, -0.05) is 0 Å². The van der Waals surface area contributed by atoms with Crippen molar-refractivity contribution in [2.45, 2.75) is 0 Å². The van der Waals surface area contributed by atoms with Crippen molar-refractivity contribution >= 4 is 28.4 Å². The maximum Gasteiger partial charge on any atom is 0.257 e. The maximum absolute atomic E-state index is 12.9. The number of hydrogen-bond acceptors (Lipinski definition) is 7. The molecule has 0 aliphatic carbocycles. The van der Waals surface area contributed by atoms with Crippen LogP contribution in [0.2, 0.25) is 0 Å². The van der Waals surface area contributed by atoms with Crippen LogP contribution < -0.4 is 10.2 Å². The zero-order chi connectivity index (χ0) is 21.9. The summed E-state index contributed by atoms with van der Waals surface area (Å²) in [6, 6.07) is 11.3. The minimum atomic E-state index is -0.215. The minimum absolute atomic E-state index is 0.215. The van der Waals surface area contributed by atoms with Crippen molar-refractivity contribution in [3.05, 3.63) is 72.9 Å². The van der Waals surface area contributed by atoms with Crippen LogP contribution in [0.25, 0.3) is 22.0 Å². The highest BCUT2D eigenvalue weighted by Gasteiger charge is 2.17. The zero-order valence-electron chi connectivity index (χ0n) is 17.8. The van der Waals surface area contributed by atoms with E-state index in [1.807, 2.05) is 36.5 Å². The molecule has 0 radical (unpaired) electrons. The van der Waals surface area contributed by atoms with E-state index in [2.05, 4.69) is 42.1 Å². The highest BCUT2D eigenvalue weighted by atomic mass is 16.1. The number of amides is 1. The number of likely N-dealkylation sites (N-methyl/N-ethyl adjacent to an activating group) is 1. The van der Waals surface area contributed by atoms with E-state index in [-0.39, 0.29) is 5.91 Å². The Morgan fingerprint density at radius 2 is 1.69 bits per heavy atom. The lowest BCUT2D eigenvalue weighted by Crippen LogP contribution is -2.44. The molecule has 0 bridgehead atoms. The van der Waals surface area contributed by atoms with Gasteiger partial charge in [-0.25, -0.2) is 9.97 Å². The average Bonchev–Trinajstić information content (AvgIpc) is 2.84. The molecule has 4 aromatic rings. The molecule has 5 heterocycles. The van der Waals surface area contributed by atoms with Gasteiger partial charge >= 0.3 is 0 Å². The van der Waals surface area contributed by atoms with Gasteiger partial charge in [-0.2, -0.15) is 0 Å². The molecule has 1 saturated heterocycles. The molecule has 1 aliphatic heterocycles. The Kier molecular flexibility index (Phi) is 5.43. The van der Waals surface area contributed by atoms with Crippen molar-refractivity contribution in [2.75, 3.05) is 43.4 Å². The topological polar surface area (TPSA) is 87.1 Å². The number of nitrogens with zero attached hydrogens (tertiary/aromatic N) is 6. The van der Waals surface area contributed by atoms with Gasteiger partial charge < -0.3 is 15.1 Å². The van der Waals surface area contributed by atoms with Gasteiger partial charge in [0.25, 0.3) is 5.91 Å². The van der Waals surface area contributed by atoms with Crippen LogP contribution in [0.4, 0.5) is 11.6 Å². The van der Waals surface area contributed by atoms with Crippen molar-refractivity contribution in [3.8, 4) is 11.1 Å². The lowest BCUT2D eigenvalue weighted by Gasteiger charge is -2.33. The lowest BCUT2D eigenvalue weighted by molar-refractivity contribution is 0.102. The number of carbonyl (C=O) groups excluding carboxylic acids is 1. The van der Waals surface area contributed by atoms with E-state index in [1.54, 1.807) is 30.9 Å². The first-order valence-corrected chi connectivity index (χ1v) is 10.5. The Morgan fingerprint density at radius 3 is 2.50 bits per heavy atom. The largest absolute Gasteiger partial charge is 0.354 e. The second kappa shape index (κ2) is 8.68. The summed E-state index contributed by atoms with van der Waals surface area (Å²) in [6.45, 7) is 3.75. The summed E-state index contributed by atoms with van der Waals surface area (Å²) in [4.78, 5) is 34.8. The van der Waals surface area contributed by atoms with Gasteiger partial charge in [0.05, 0.1) is 11.7 Å². The number of nitrogens with one attached hydrogen (secondary N) is 1. The quantitative estimate of drug-likeness (QED) is 0.538. The van der Waals surface area contributed by atoms with E-state index >= 15 is 0 Å². The smallest absolute Gasteiger partial charge is 0.257 e. The number of hydrogen-bond donors (Lipinski definition) is 1. The fraction of sp³-hybridized carbons (Fsp3) is 0.208. The summed E-state index contributed by atoms with van der Waals surface area (Å²) in [5.41, 5.74) is 3.33. The van der Waals surface area contributed by atoms with Crippen LogP contribution in [0.5, 0.6) is 0 Å². The Balaban J connectivity index is 1.36. The molecule has 8 heteroatoms. The molecule has 1 fully saturated rings. The van der Waals surface area contributed by atoms with E-state index in [4.69, 9.17) is 0 Å². The summed E-state index contributed by atoms with van der Waals surface area (Å²) in [5.74, 6) is 1.09. The number of pyridine rings is 4. The molecule has 5 rings (SSSR count). The van der Waals surface area contributed by atoms with E-state index in [0.29, 0.717) is 11.4 Å². The predicted molar refractivity (Wildman–Crippen MR) is 125 cm³/mol. The second-order valence-electron chi connectivity index (χ2n) is 7.87. The van der Waals surface area contributed by atoms with Crippen molar-refractivity contribution in [3.63, 3.8) is 0 Å². The number of fused-ring (bicyclic) bond motifs is 1. The Hall–Kier alpha value is -3.91. The fourth-order valence-corrected chi connectivity index (χ4v) is 3.76. The molecule has 0 spiro atoms. The Morgan fingerprint density at radius 1 is 0.875 bits per heavy atom.